The molecule has 1 aliphatic carbocycles. The van der Waals surface area contributed by atoms with Crippen LogP contribution in [-0.2, 0) is 26.2 Å². The number of halogens is 3. The van der Waals surface area contributed by atoms with Gasteiger partial charge in [-0.2, -0.15) is 0 Å². The van der Waals surface area contributed by atoms with Crippen LogP contribution in [0.3, 0.4) is 0 Å². The zero-order valence-electron chi connectivity index (χ0n) is 21.1. The van der Waals surface area contributed by atoms with E-state index in [9.17, 15) is 18.0 Å². The van der Waals surface area contributed by atoms with E-state index in [1.807, 2.05) is 6.92 Å². The molecule has 0 saturated heterocycles. The molecule has 11 heteroatoms. The fourth-order valence-electron chi connectivity index (χ4n) is 4.57. The number of aryl methyl sites for hydroxylation is 1. The van der Waals surface area contributed by atoms with Gasteiger partial charge >= 0.3 is 0 Å². The summed E-state index contributed by atoms with van der Waals surface area (Å²) in [6, 6.07) is 9.12. The molecule has 1 saturated carbocycles. The molecular formula is C26H32Cl3N3O4S. The molecule has 0 radical (unpaired) electrons. The Bertz CT molecular complexity index is 1250. The van der Waals surface area contributed by atoms with Crippen LogP contribution in [0.2, 0.25) is 15.1 Å². The third-order valence-electron chi connectivity index (χ3n) is 6.54. The number of hydrogen-bond donors (Lipinski definition) is 1. The van der Waals surface area contributed by atoms with Crippen LogP contribution in [0, 0.1) is 6.92 Å². The lowest BCUT2D eigenvalue weighted by atomic mass is 10.1. The largest absolute Gasteiger partial charge is 0.352 e. The number of sulfonamides is 1. The Balaban J connectivity index is 1.97. The molecule has 1 unspecified atom stereocenters. The smallest absolute Gasteiger partial charge is 0.244 e. The van der Waals surface area contributed by atoms with Crippen molar-refractivity contribution in [3.8, 4) is 0 Å². The zero-order chi connectivity index (χ0) is 27.3. The Morgan fingerprint density at radius 3 is 2.32 bits per heavy atom. The van der Waals surface area contributed by atoms with Crippen molar-refractivity contribution < 1.29 is 18.0 Å². The second-order valence-corrected chi connectivity index (χ2v) is 12.5. The van der Waals surface area contributed by atoms with Crippen molar-refractivity contribution in [3.05, 3.63) is 62.6 Å². The first-order valence-electron chi connectivity index (χ1n) is 12.2. The monoisotopic (exact) mass is 587 g/mol. The second-order valence-electron chi connectivity index (χ2n) is 9.38. The van der Waals surface area contributed by atoms with Crippen molar-refractivity contribution in [2.75, 3.05) is 17.1 Å². The number of hydrogen-bond acceptors (Lipinski definition) is 4. The lowest BCUT2D eigenvalue weighted by Gasteiger charge is -2.33. The molecule has 202 valence electrons. The molecule has 3 rings (SSSR count). The molecule has 0 spiro atoms. The minimum absolute atomic E-state index is 0.0540. The van der Waals surface area contributed by atoms with Gasteiger partial charge in [0.2, 0.25) is 21.8 Å². The van der Waals surface area contributed by atoms with Gasteiger partial charge in [0.1, 0.15) is 12.6 Å². The molecule has 0 heterocycles. The van der Waals surface area contributed by atoms with E-state index >= 15 is 0 Å². The van der Waals surface area contributed by atoms with Crippen LogP contribution >= 0.6 is 34.8 Å². The summed E-state index contributed by atoms with van der Waals surface area (Å²) < 4.78 is 26.6. The SMILES string of the molecule is CCC(C(=O)NC1CCCC1)N(Cc1ccc(Cl)c(Cl)c1)C(=O)CN(c1cc(Cl)ccc1C)S(C)(=O)=O. The average molecular weight is 589 g/mol. The van der Waals surface area contributed by atoms with Gasteiger partial charge in [0, 0.05) is 17.6 Å². The van der Waals surface area contributed by atoms with Crippen LogP contribution < -0.4 is 9.62 Å². The molecule has 0 aliphatic heterocycles. The van der Waals surface area contributed by atoms with Gasteiger partial charge in [0.25, 0.3) is 0 Å². The van der Waals surface area contributed by atoms with Crippen molar-refractivity contribution in [2.24, 2.45) is 0 Å². The lowest BCUT2D eigenvalue weighted by Crippen LogP contribution is -2.53. The van der Waals surface area contributed by atoms with Crippen molar-refractivity contribution in [2.45, 2.75) is 64.6 Å². The van der Waals surface area contributed by atoms with Crippen molar-refractivity contribution in [1.82, 2.24) is 10.2 Å². The molecule has 1 N–H and O–H groups in total. The number of carbonyl (C=O) groups excluding carboxylic acids is 2. The molecule has 2 aromatic rings. The van der Waals surface area contributed by atoms with Crippen molar-refractivity contribution in [3.63, 3.8) is 0 Å². The highest BCUT2D eigenvalue weighted by Gasteiger charge is 2.33. The zero-order valence-corrected chi connectivity index (χ0v) is 24.2. The van der Waals surface area contributed by atoms with E-state index in [0.717, 1.165) is 36.2 Å². The quantitative estimate of drug-likeness (QED) is 0.392. The Hall–Kier alpha value is -2.00. The van der Waals surface area contributed by atoms with E-state index in [4.69, 9.17) is 34.8 Å². The molecule has 2 aromatic carbocycles. The summed E-state index contributed by atoms with van der Waals surface area (Å²) in [5.41, 5.74) is 1.62. The molecule has 0 bridgehead atoms. The Morgan fingerprint density at radius 1 is 1.05 bits per heavy atom. The minimum atomic E-state index is -3.85. The van der Waals surface area contributed by atoms with Gasteiger partial charge in [-0.1, -0.05) is 66.7 Å². The van der Waals surface area contributed by atoms with Crippen LogP contribution in [0.15, 0.2) is 36.4 Å². The Kier molecular flexibility index (Phi) is 10.1. The van der Waals surface area contributed by atoms with Gasteiger partial charge in [-0.05, 0) is 61.6 Å². The molecule has 1 fully saturated rings. The van der Waals surface area contributed by atoms with E-state index in [0.29, 0.717) is 38.3 Å². The fraction of sp³-hybridized carbons (Fsp3) is 0.462. The van der Waals surface area contributed by atoms with Crippen molar-refractivity contribution in [1.29, 1.82) is 0 Å². The molecule has 1 atom stereocenters. The maximum Gasteiger partial charge on any atom is 0.244 e. The van der Waals surface area contributed by atoms with Crippen LogP contribution in [0.1, 0.15) is 50.2 Å². The summed E-state index contributed by atoms with van der Waals surface area (Å²) in [5.74, 6) is -0.781. The first-order chi connectivity index (χ1) is 17.4. The standard InChI is InChI=1S/C26H32Cl3N3O4S/c1-4-23(26(34)30-20-7-5-6-8-20)31(15-18-10-12-21(28)22(29)13-18)25(33)16-32(37(3,35)36)24-14-19(27)11-9-17(24)2/h9-14,20,23H,4-8,15-16H2,1-3H3,(H,30,34). The van der Waals surface area contributed by atoms with E-state index < -0.39 is 28.5 Å². The van der Waals surface area contributed by atoms with Crippen LogP contribution in [0.5, 0.6) is 0 Å². The molecule has 0 aromatic heterocycles. The number of rotatable bonds is 10. The highest BCUT2D eigenvalue weighted by molar-refractivity contribution is 7.92. The number of amides is 2. The summed E-state index contributed by atoms with van der Waals surface area (Å²) in [6.45, 7) is 3.13. The fourth-order valence-corrected chi connectivity index (χ4v) is 5.95. The number of nitrogens with one attached hydrogen (secondary N) is 1. The lowest BCUT2D eigenvalue weighted by molar-refractivity contribution is -0.140. The minimum Gasteiger partial charge on any atom is -0.352 e. The predicted octanol–water partition coefficient (Wildman–Crippen LogP) is 5.59. The topological polar surface area (TPSA) is 86.8 Å². The Labute approximate surface area is 234 Å². The third-order valence-corrected chi connectivity index (χ3v) is 8.64. The predicted molar refractivity (Wildman–Crippen MR) is 150 cm³/mol. The summed E-state index contributed by atoms with van der Waals surface area (Å²) >= 11 is 18.4. The second kappa shape index (κ2) is 12.7. The van der Waals surface area contributed by atoms with Gasteiger partial charge in [-0.25, -0.2) is 8.42 Å². The van der Waals surface area contributed by atoms with E-state index in [1.165, 1.54) is 11.0 Å². The number of carbonyl (C=O) groups is 2. The normalized spacial score (nSPS) is 14.9. The maximum absolute atomic E-state index is 13.8. The molecule has 2 amide bonds. The Morgan fingerprint density at radius 2 is 1.73 bits per heavy atom. The van der Waals surface area contributed by atoms with Gasteiger partial charge < -0.3 is 10.2 Å². The highest BCUT2D eigenvalue weighted by Crippen LogP contribution is 2.28. The van der Waals surface area contributed by atoms with Gasteiger partial charge in [-0.15, -0.1) is 0 Å². The first-order valence-corrected chi connectivity index (χ1v) is 15.2. The van der Waals surface area contributed by atoms with Crippen LogP contribution in [0.25, 0.3) is 0 Å². The summed E-state index contributed by atoms with van der Waals surface area (Å²) in [7, 11) is -3.85. The molecule has 37 heavy (non-hydrogen) atoms. The number of benzene rings is 2. The molecular weight excluding hydrogens is 557 g/mol. The van der Waals surface area contributed by atoms with Crippen LogP contribution in [0.4, 0.5) is 5.69 Å². The molecule has 7 nitrogen and oxygen atoms in total. The summed E-state index contributed by atoms with van der Waals surface area (Å²) in [6.07, 6.45) is 5.29. The van der Waals surface area contributed by atoms with E-state index in [1.54, 1.807) is 37.3 Å². The van der Waals surface area contributed by atoms with Crippen molar-refractivity contribution >= 4 is 62.3 Å². The van der Waals surface area contributed by atoms with Crippen LogP contribution in [-0.4, -0.2) is 50.0 Å². The van der Waals surface area contributed by atoms with Gasteiger partial charge in [0.05, 0.1) is 22.0 Å². The molecule has 1 aliphatic rings. The number of anilines is 1. The van der Waals surface area contributed by atoms with Gasteiger partial charge in [-0.3, -0.25) is 13.9 Å². The maximum atomic E-state index is 13.8. The summed E-state index contributed by atoms with van der Waals surface area (Å²) in [4.78, 5) is 28.6. The van der Waals surface area contributed by atoms with E-state index in [2.05, 4.69) is 5.32 Å². The summed E-state index contributed by atoms with van der Waals surface area (Å²) in [5, 5.41) is 4.11. The van der Waals surface area contributed by atoms with Gasteiger partial charge in [0.15, 0.2) is 0 Å². The number of nitrogens with zero attached hydrogens (tertiary/aromatic N) is 2. The highest BCUT2D eigenvalue weighted by atomic mass is 35.5. The third kappa shape index (κ3) is 7.76. The average Bonchev–Trinajstić information content (AvgIpc) is 3.33. The van der Waals surface area contributed by atoms with E-state index in [-0.39, 0.29) is 18.5 Å². The first kappa shape index (κ1) is 29.6.